The molecule has 1 saturated heterocycles. The van der Waals surface area contributed by atoms with E-state index in [4.69, 9.17) is 9.47 Å². The predicted molar refractivity (Wildman–Crippen MR) is 108 cm³/mol. The lowest BCUT2D eigenvalue weighted by molar-refractivity contribution is 0.141. The van der Waals surface area contributed by atoms with E-state index in [1.165, 1.54) is 14.2 Å². The zero-order chi connectivity index (χ0) is 19.9. The van der Waals surface area contributed by atoms with Gasteiger partial charge in [-0.05, 0) is 47.5 Å². The molecule has 0 radical (unpaired) electrons. The van der Waals surface area contributed by atoms with Gasteiger partial charge in [-0.15, -0.1) is 0 Å². The highest BCUT2D eigenvalue weighted by Gasteiger charge is 2.13. The van der Waals surface area contributed by atoms with Gasteiger partial charge in [-0.25, -0.2) is 0 Å². The van der Waals surface area contributed by atoms with E-state index in [0.29, 0.717) is 11.5 Å². The Labute approximate surface area is 163 Å². The number of nitrogens with zero attached hydrogens (tertiary/aromatic N) is 4. The number of ether oxygens (including phenoxy) is 2. The van der Waals surface area contributed by atoms with Crippen LogP contribution in [0.2, 0.25) is 0 Å². The summed E-state index contributed by atoms with van der Waals surface area (Å²) in [5.41, 5.74) is 1.61. The molecule has 1 fully saturated rings. The Morgan fingerprint density at radius 3 is 1.46 bits per heavy atom. The molecular weight excluding hydrogens is 360 g/mol. The average Bonchev–Trinajstić information content (AvgIpc) is 2.71. The highest BCUT2D eigenvalue weighted by molar-refractivity contribution is 5.81. The summed E-state index contributed by atoms with van der Waals surface area (Å²) in [7, 11) is 3.03. The number of hydrogen-bond acceptors (Lipinski definition) is 8. The fourth-order valence-electron chi connectivity index (χ4n) is 2.79. The maximum atomic E-state index is 9.82. The monoisotopic (exact) mass is 384 g/mol. The molecule has 0 atom stereocenters. The van der Waals surface area contributed by atoms with Crippen molar-refractivity contribution in [3.63, 3.8) is 0 Å². The van der Waals surface area contributed by atoms with E-state index in [-0.39, 0.29) is 11.5 Å². The fourth-order valence-corrected chi connectivity index (χ4v) is 2.79. The molecule has 8 heteroatoms. The van der Waals surface area contributed by atoms with Gasteiger partial charge in [-0.2, -0.15) is 10.2 Å². The van der Waals surface area contributed by atoms with Gasteiger partial charge in [0.2, 0.25) is 0 Å². The van der Waals surface area contributed by atoms with Crippen molar-refractivity contribution in [2.45, 2.75) is 0 Å². The molecular formula is C20H24N4O4. The number of phenolic OH excluding ortho intramolecular Hbond substituents is 2. The first-order valence-corrected chi connectivity index (χ1v) is 8.91. The smallest absolute Gasteiger partial charge is 0.160 e. The Morgan fingerprint density at radius 1 is 0.750 bits per heavy atom. The van der Waals surface area contributed by atoms with E-state index in [0.717, 1.165) is 37.3 Å². The molecule has 1 aliphatic heterocycles. The Bertz CT molecular complexity index is 790. The van der Waals surface area contributed by atoms with Crippen LogP contribution >= 0.6 is 0 Å². The summed E-state index contributed by atoms with van der Waals surface area (Å²) in [6.07, 6.45) is 3.44. The van der Waals surface area contributed by atoms with Crippen LogP contribution in [-0.2, 0) is 0 Å². The van der Waals surface area contributed by atoms with Crippen LogP contribution in [0.5, 0.6) is 23.0 Å². The van der Waals surface area contributed by atoms with Crippen molar-refractivity contribution in [2.24, 2.45) is 10.2 Å². The second-order valence-corrected chi connectivity index (χ2v) is 6.26. The normalized spacial score (nSPS) is 14.8. The number of hydrogen-bond donors (Lipinski definition) is 2. The Kier molecular flexibility index (Phi) is 6.21. The third kappa shape index (κ3) is 4.85. The molecule has 0 aliphatic carbocycles. The van der Waals surface area contributed by atoms with Gasteiger partial charge < -0.3 is 19.7 Å². The van der Waals surface area contributed by atoms with Crippen LogP contribution in [0, 0.1) is 0 Å². The first-order chi connectivity index (χ1) is 13.6. The van der Waals surface area contributed by atoms with Crippen LogP contribution in [-0.4, -0.2) is 73.1 Å². The highest BCUT2D eigenvalue weighted by atomic mass is 16.5. The van der Waals surface area contributed by atoms with Crippen LogP contribution in [0.15, 0.2) is 46.6 Å². The first-order valence-electron chi connectivity index (χ1n) is 8.91. The average molecular weight is 384 g/mol. The van der Waals surface area contributed by atoms with Gasteiger partial charge in [-0.1, -0.05) is 0 Å². The van der Waals surface area contributed by atoms with Gasteiger partial charge in [0.1, 0.15) is 0 Å². The third-order valence-electron chi connectivity index (χ3n) is 4.38. The van der Waals surface area contributed by atoms with Crippen molar-refractivity contribution in [3.05, 3.63) is 47.5 Å². The summed E-state index contributed by atoms with van der Waals surface area (Å²) in [4.78, 5) is 0. The lowest BCUT2D eigenvalue weighted by Gasteiger charge is -2.31. The van der Waals surface area contributed by atoms with E-state index in [2.05, 4.69) is 10.2 Å². The van der Waals surface area contributed by atoms with Gasteiger partial charge >= 0.3 is 0 Å². The van der Waals surface area contributed by atoms with E-state index in [1.807, 2.05) is 22.2 Å². The summed E-state index contributed by atoms with van der Waals surface area (Å²) in [6.45, 7) is 2.96. The van der Waals surface area contributed by atoms with Crippen molar-refractivity contribution in [2.75, 3.05) is 40.4 Å². The molecule has 8 nitrogen and oxygen atoms in total. The molecule has 2 aromatic carbocycles. The zero-order valence-corrected chi connectivity index (χ0v) is 15.9. The lowest BCUT2D eigenvalue weighted by Crippen LogP contribution is -2.41. The molecule has 0 saturated carbocycles. The van der Waals surface area contributed by atoms with Gasteiger partial charge in [-0.3, -0.25) is 10.0 Å². The first kappa shape index (κ1) is 19.3. The van der Waals surface area contributed by atoms with E-state index in [9.17, 15) is 10.2 Å². The largest absolute Gasteiger partial charge is 0.504 e. The third-order valence-corrected chi connectivity index (χ3v) is 4.38. The second kappa shape index (κ2) is 8.98. The standard InChI is InChI=1S/C20H24N4O4/c1-27-19-5-3-15(11-17(19)25)13-21-23-7-9-24(10-8-23)22-14-16-4-6-20(28-2)18(26)12-16/h3-6,11-14,25-26H,7-10H2,1-2H3/b21-13-,22-14+. The van der Waals surface area contributed by atoms with Crippen LogP contribution in [0.25, 0.3) is 0 Å². The number of piperazine rings is 1. The number of hydrazone groups is 2. The number of rotatable bonds is 6. The SMILES string of the molecule is COc1ccc(/C=N\N2CCN(/N=C/c3ccc(OC)c(O)c3)CC2)cc1O. The molecule has 0 spiro atoms. The molecule has 2 N–H and O–H groups in total. The van der Waals surface area contributed by atoms with Gasteiger partial charge in [0.25, 0.3) is 0 Å². The summed E-state index contributed by atoms with van der Waals surface area (Å²) in [5, 5.41) is 32.5. The fraction of sp³-hybridized carbons (Fsp3) is 0.300. The Hall–Kier alpha value is -3.42. The van der Waals surface area contributed by atoms with E-state index >= 15 is 0 Å². The van der Waals surface area contributed by atoms with Crippen LogP contribution in [0.1, 0.15) is 11.1 Å². The number of aromatic hydroxyl groups is 2. The van der Waals surface area contributed by atoms with Gasteiger partial charge in [0.15, 0.2) is 23.0 Å². The van der Waals surface area contributed by atoms with Crippen LogP contribution in [0.4, 0.5) is 0 Å². The molecule has 148 valence electrons. The topological polar surface area (TPSA) is 90.1 Å². The maximum absolute atomic E-state index is 9.82. The Balaban J connectivity index is 1.51. The quantitative estimate of drug-likeness (QED) is 0.742. The number of methoxy groups -OCH3 is 2. The van der Waals surface area contributed by atoms with Crippen molar-refractivity contribution >= 4 is 12.4 Å². The van der Waals surface area contributed by atoms with E-state index in [1.54, 1.807) is 36.7 Å². The Morgan fingerprint density at radius 2 is 1.14 bits per heavy atom. The highest BCUT2D eigenvalue weighted by Crippen LogP contribution is 2.26. The summed E-state index contributed by atoms with van der Waals surface area (Å²) < 4.78 is 10.1. The molecule has 1 aliphatic rings. The number of benzene rings is 2. The van der Waals surface area contributed by atoms with Gasteiger partial charge in [0.05, 0.1) is 52.8 Å². The molecule has 0 unspecified atom stereocenters. The minimum Gasteiger partial charge on any atom is -0.504 e. The van der Waals surface area contributed by atoms with Crippen molar-refractivity contribution in [3.8, 4) is 23.0 Å². The van der Waals surface area contributed by atoms with Crippen molar-refractivity contribution < 1.29 is 19.7 Å². The molecule has 0 aromatic heterocycles. The summed E-state index contributed by atoms with van der Waals surface area (Å²) in [6, 6.07) is 10.3. The number of phenols is 2. The van der Waals surface area contributed by atoms with E-state index < -0.39 is 0 Å². The lowest BCUT2D eigenvalue weighted by atomic mass is 10.2. The molecule has 2 aromatic rings. The molecule has 0 bridgehead atoms. The maximum Gasteiger partial charge on any atom is 0.160 e. The summed E-state index contributed by atoms with van der Waals surface area (Å²) in [5.74, 6) is 1.06. The molecule has 3 rings (SSSR count). The minimum absolute atomic E-state index is 0.0928. The molecule has 0 amide bonds. The predicted octanol–water partition coefficient (Wildman–Crippen LogP) is 2.10. The van der Waals surface area contributed by atoms with Crippen LogP contribution < -0.4 is 9.47 Å². The van der Waals surface area contributed by atoms with Gasteiger partial charge in [0, 0.05) is 0 Å². The molecule has 1 heterocycles. The van der Waals surface area contributed by atoms with Crippen molar-refractivity contribution in [1.82, 2.24) is 10.0 Å². The second-order valence-electron chi connectivity index (χ2n) is 6.26. The summed E-state index contributed by atoms with van der Waals surface area (Å²) >= 11 is 0. The van der Waals surface area contributed by atoms with Crippen molar-refractivity contribution in [1.29, 1.82) is 0 Å². The zero-order valence-electron chi connectivity index (χ0n) is 15.9. The molecule has 28 heavy (non-hydrogen) atoms. The van der Waals surface area contributed by atoms with Crippen LogP contribution in [0.3, 0.4) is 0 Å². The minimum atomic E-state index is 0.0928.